The van der Waals surface area contributed by atoms with Gasteiger partial charge in [-0.25, -0.2) is 4.98 Å². The smallest absolute Gasteiger partial charge is 0.263 e. The second kappa shape index (κ2) is 11.6. The van der Waals surface area contributed by atoms with Crippen molar-refractivity contribution in [3.05, 3.63) is 57.3 Å². The molecule has 0 aliphatic rings. The summed E-state index contributed by atoms with van der Waals surface area (Å²) in [5, 5.41) is 5.55. The van der Waals surface area contributed by atoms with Crippen LogP contribution in [0.25, 0.3) is 11.3 Å². The van der Waals surface area contributed by atoms with Gasteiger partial charge < -0.3 is 10.1 Å². The number of thiazole rings is 2. The van der Waals surface area contributed by atoms with Crippen LogP contribution in [-0.4, -0.2) is 33.5 Å². The van der Waals surface area contributed by atoms with Crippen molar-refractivity contribution in [2.24, 2.45) is 0 Å². The van der Waals surface area contributed by atoms with Gasteiger partial charge in [-0.05, 0) is 19.8 Å². The number of benzene rings is 1. The zero-order valence-electron chi connectivity index (χ0n) is 17.4. The molecule has 1 amide bonds. The molecule has 162 valence electrons. The highest BCUT2D eigenvalue weighted by molar-refractivity contribution is 7.11. The first kappa shape index (κ1) is 23.0. The highest BCUT2D eigenvalue weighted by Gasteiger charge is 2.23. The van der Waals surface area contributed by atoms with E-state index in [-0.39, 0.29) is 23.9 Å². The van der Waals surface area contributed by atoms with Gasteiger partial charge in [-0.3, -0.25) is 14.6 Å². The van der Waals surface area contributed by atoms with E-state index in [1.165, 1.54) is 28.9 Å². The Hall–Kier alpha value is -2.71. The van der Waals surface area contributed by atoms with Crippen molar-refractivity contribution < 1.29 is 14.4 Å². The van der Waals surface area contributed by atoms with Crippen molar-refractivity contribution >= 4 is 40.1 Å². The molecule has 0 bridgehead atoms. The van der Waals surface area contributed by atoms with Crippen LogP contribution in [0, 0.1) is 0 Å². The Morgan fingerprint density at radius 1 is 1.06 bits per heavy atom. The molecule has 0 saturated heterocycles. The van der Waals surface area contributed by atoms with Crippen LogP contribution < -0.4 is 5.32 Å². The Labute approximate surface area is 189 Å². The Morgan fingerprint density at radius 3 is 2.58 bits per heavy atom. The number of aromatic nitrogens is 2. The zero-order chi connectivity index (χ0) is 22.1. The number of hydrogen-bond donors (Lipinski definition) is 1. The van der Waals surface area contributed by atoms with Crippen molar-refractivity contribution in [2.45, 2.75) is 51.5 Å². The number of Topliss-reactive ketones (excluding diaryl/α,β-unsaturated/α-hetero) is 2. The SMILES string of the molecule is CC(=O)CCCCC[C@H](NC(=O)c1cncs1)C(=O)Cc1nc(-c2ccccc2)cs1. The maximum atomic E-state index is 13.0. The van der Waals surface area contributed by atoms with Gasteiger partial charge >= 0.3 is 0 Å². The molecule has 31 heavy (non-hydrogen) atoms. The Kier molecular flexibility index (Phi) is 8.61. The third-order valence-corrected chi connectivity index (χ3v) is 6.44. The highest BCUT2D eigenvalue weighted by Crippen LogP contribution is 2.22. The molecule has 0 saturated carbocycles. The highest BCUT2D eigenvalue weighted by atomic mass is 32.1. The molecule has 2 heterocycles. The standard InChI is InChI=1S/C23H25N3O3S2/c1-16(27)8-4-2-7-11-18(26-23(29)21-13-24-15-31-21)20(28)12-22-25-19(14-30-22)17-9-5-3-6-10-17/h3,5-6,9-10,13-15,18H,2,4,7-8,11-12H2,1H3,(H,26,29)/t18-/m0/s1. The maximum absolute atomic E-state index is 13.0. The molecular formula is C23H25N3O3S2. The topological polar surface area (TPSA) is 89.0 Å². The van der Waals surface area contributed by atoms with Crippen LogP contribution in [0.4, 0.5) is 0 Å². The molecule has 2 aromatic heterocycles. The second-order valence-electron chi connectivity index (χ2n) is 7.33. The van der Waals surface area contributed by atoms with Crippen molar-refractivity contribution in [1.29, 1.82) is 0 Å². The van der Waals surface area contributed by atoms with Gasteiger partial charge in [0.15, 0.2) is 5.78 Å². The van der Waals surface area contributed by atoms with Gasteiger partial charge in [0.05, 0.1) is 29.9 Å². The summed E-state index contributed by atoms with van der Waals surface area (Å²) in [7, 11) is 0. The van der Waals surface area contributed by atoms with E-state index in [0.29, 0.717) is 17.7 Å². The van der Waals surface area contributed by atoms with Crippen molar-refractivity contribution in [3.8, 4) is 11.3 Å². The fourth-order valence-electron chi connectivity index (χ4n) is 3.18. The lowest BCUT2D eigenvalue weighted by Gasteiger charge is -2.17. The molecule has 0 radical (unpaired) electrons. The summed E-state index contributed by atoms with van der Waals surface area (Å²) in [5.74, 6) is -0.170. The van der Waals surface area contributed by atoms with Gasteiger partial charge in [0.25, 0.3) is 5.91 Å². The molecule has 1 aromatic carbocycles. The predicted molar refractivity (Wildman–Crippen MR) is 123 cm³/mol. The third kappa shape index (κ3) is 7.18. The van der Waals surface area contributed by atoms with Crippen LogP contribution in [0.1, 0.15) is 53.7 Å². The third-order valence-electron chi connectivity index (χ3n) is 4.82. The first-order valence-electron chi connectivity index (χ1n) is 10.2. The van der Waals surface area contributed by atoms with Crippen LogP contribution in [0.2, 0.25) is 0 Å². The monoisotopic (exact) mass is 455 g/mol. The number of nitrogens with zero attached hydrogens (tertiary/aromatic N) is 2. The zero-order valence-corrected chi connectivity index (χ0v) is 19.0. The minimum atomic E-state index is -0.587. The number of unbranched alkanes of at least 4 members (excludes halogenated alkanes) is 2. The number of carbonyl (C=O) groups excluding carboxylic acids is 3. The van der Waals surface area contributed by atoms with Crippen LogP contribution in [0.3, 0.4) is 0 Å². The minimum Gasteiger partial charge on any atom is -0.341 e. The van der Waals surface area contributed by atoms with Crippen molar-refractivity contribution in [3.63, 3.8) is 0 Å². The van der Waals surface area contributed by atoms with E-state index < -0.39 is 6.04 Å². The summed E-state index contributed by atoms with van der Waals surface area (Å²) in [4.78, 5) is 45.6. The summed E-state index contributed by atoms with van der Waals surface area (Å²) in [5.41, 5.74) is 3.45. The quantitative estimate of drug-likeness (QED) is 0.399. The fraction of sp³-hybridized carbons (Fsp3) is 0.348. The van der Waals surface area contributed by atoms with Crippen LogP contribution >= 0.6 is 22.7 Å². The lowest BCUT2D eigenvalue weighted by molar-refractivity contribution is -0.120. The Morgan fingerprint density at radius 2 is 1.87 bits per heavy atom. The lowest BCUT2D eigenvalue weighted by Crippen LogP contribution is -2.41. The molecule has 1 N–H and O–H groups in total. The number of nitrogens with one attached hydrogen (secondary N) is 1. The molecule has 0 fully saturated rings. The molecule has 3 rings (SSSR count). The Balaban J connectivity index is 1.62. The van der Waals surface area contributed by atoms with E-state index in [4.69, 9.17) is 0 Å². The average Bonchev–Trinajstić information content (AvgIpc) is 3.45. The van der Waals surface area contributed by atoms with E-state index >= 15 is 0 Å². The van der Waals surface area contributed by atoms with Gasteiger partial charge in [-0.2, -0.15) is 0 Å². The summed E-state index contributed by atoms with van der Waals surface area (Å²) in [6.07, 6.45) is 5.17. The number of amides is 1. The number of carbonyl (C=O) groups is 3. The second-order valence-corrected chi connectivity index (χ2v) is 9.16. The molecule has 6 nitrogen and oxygen atoms in total. The summed E-state index contributed by atoms with van der Waals surface area (Å²) < 4.78 is 0. The lowest BCUT2D eigenvalue weighted by atomic mass is 10.0. The van der Waals surface area contributed by atoms with Crippen LogP contribution in [0.15, 0.2) is 47.4 Å². The van der Waals surface area contributed by atoms with E-state index in [2.05, 4.69) is 15.3 Å². The number of hydrogen-bond acceptors (Lipinski definition) is 7. The first-order chi connectivity index (χ1) is 15.0. The number of rotatable bonds is 12. The van der Waals surface area contributed by atoms with E-state index in [1.807, 2.05) is 35.7 Å². The molecule has 8 heteroatoms. The van der Waals surface area contributed by atoms with Crippen LogP contribution in [-0.2, 0) is 16.0 Å². The van der Waals surface area contributed by atoms with E-state index in [1.54, 1.807) is 12.4 Å². The number of ketones is 2. The summed E-state index contributed by atoms with van der Waals surface area (Å²) in [6.45, 7) is 1.58. The molecule has 0 aliphatic carbocycles. The van der Waals surface area contributed by atoms with Gasteiger partial charge in [-0.1, -0.05) is 43.2 Å². The predicted octanol–water partition coefficient (Wildman–Crippen LogP) is 4.72. The summed E-state index contributed by atoms with van der Waals surface area (Å²) in [6, 6.07) is 9.25. The van der Waals surface area contributed by atoms with E-state index in [0.717, 1.165) is 35.5 Å². The van der Waals surface area contributed by atoms with Gasteiger partial charge in [0, 0.05) is 17.4 Å². The largest absolute Gasteiger partial charge is 0.341 e. The summed E-state index contributed by atoms with van der Waals surface area (Å²) >= 11 is 2.69. The van der Waals surface area contributed by atoms with Gasteiger partial charge in [0.2, 0.25) is 0 Å². The first-order valence-corrected chi connectivity index (χ1v) is 12.0. The molecular weight excluding hydrogens is 430 g/mol. The van der Waals surface area contributed by atoms with Gasteiger partial charge in [0.1, 0.15) is 15.7 Å². The van der Waals surface area contributed by atoms with E-state index in [9.17, 15) is 14.4 Å². The normalized spacial score (nSPS) is 11.8. The average molecular weight is 456 g/mol. The molecule has 0 spiro atoms. The Bertz CT molecular complexity index is 1000. The minimum absolute atomic E-state index is 0.0570. The molecule has 1 atom stereocenters. The van der Waals surface area contributed by atoms with Gasteiger partial charge in [-0.15, -0.1) is 22.7 Å². The van der Waals surface area contributed by atoms with Crippen LogP contribution in [0.5, 0.6) is 0 Å². The molecule has 3 aromatic rings. The van der Waals surface area contributed by atoms with Crippen molar-refractivity contribution in [1.82, 2.24) is 15.3 Å². The fourth-order valence-corrected chi connectivity index (χ4v) is 4.51. The van der Waals surface area contributed by atoms with Crippen molar-refractivity contribution in [2.75, 3.05) is 0 Å². The molecule has 0 unspecified atom stereocenters. The maximum Gasteiger partial charge on any atom is 0.263 e. The molecule has 0 aliphatic heterocycles.